The molecule has 0 saturated heterocycles. The molecule has 0 aromatic rings. The molecule has 0 rings (SSSR count). The van der Waals surface area contributed by atoms with Crippen LogP contribution in [0.2, 0.25) is 0 Å². The van der Waals surface area contributed by atoms with Gasteiger partial charge in [-0.3, -0.25) is 0 Å². The summed E-state index contributed by atoms with van der Waals surface area (Å²) in [6, 6.07) is 0. The van der Waals surface area contributed by atoms with E-state index in [-0.39, 0.29) is 6.42 Å². The van der Waals surface area contributed by atoms with E-state index >= 15 is 0 Å². The van der Waals surface area contributed by atoms with Gasteiger partial charge in [0.05, 0.1) is 0 Å². The van der Waals surface area contributed by atoms with Gasteiger partial charge >= 0.3 is 0 Å². The van der Waals surface area contributed by atoms with Crippen molar-refractivity contribution >= 4 is 0 Å². The average molecular weight is 186 g/mol. The SMILES string of the molecule is C=C/C(=C\C(F)=C(\F)CCC)CC. The van der Waals surface area contributed by atoms with Crippen molar-refractivity contribution in [2.45, 2.75) is 33.1 Å². The summed E-state index contributed by atoms with van der Waals surface area (Å²) in [6.07, 6.45) is 4.19. The fourth-order valence-electron chi connectivity index (χ4n) is 0.885. The lowest BCUT2D eigenvalue weighted by Gasteiger charge is -1.97. The Balaban J connectivity index is 4.57. The van der Waals surface area contributed by atoms with Crippen LogP contribution >= 0.6 is 0 Å². The Bertz CT molecular complexity index is 224. The van der Waals surface area contributed by atoms with Crippen LogP contribution in [-0.2, 0) is 0 Å². The molecule has 2 heteroatoms. The van der Waals surface area contributed by atoms with Crippen molar-refractivity contribution in [2.75, 3.05) is 0 Å². The van der Waals surface area contributed by atoms with Gasteiger partial charge in [-0.2, -0.15) is 0 Å². The van der Waals surface area contributed by atoms with E-state index in [4.69, 9.17) is 0 Å². The zero-order valence-electron chi connectivity index (χ0n) is 8.24. The number of allylic oxidation sites excluding steroid dienone is 5. The molecule has 0 radical (unpaired) electrons. The van der Waals surface area contributed by atoms with Gasteiger partial charge in [-0.25, -0.2) is 8.78 Å². The van der Waals surface area contributed by atoms with Gasteiger partial charge in [0, 0.05) is 6.42 Å². The molecule has 0 amide bonds. The topological polar surface area (TPSA) is 0 Å². The lowest BCUT2D eigenvalue weighted by Crippen LogP contribution is -1.81. The Labute approximate surface area is 78.7 Å². The summed E-state index contributed by atoms with van der Waals surface area (Å²) in [5.74, 6) is -1.44. The van der Waals surface area contributed by atoms with E-state index in [1.165, 1.54) is 6.08 Å². The number of hydrogen-bond acceptors (Lipinski definition) is 0. The van der Waals surface area contributed by atoms with Crippen LogP contribution in [0, 0.1) is 0 Å². The molecule has 13 heavy (non-hydrogen) atoms. The summed E-state index contributed by atoms with van der Waals surface area (Å²) in [7, 11) is 0. The van der Waals surface area contributed by atoms with E-state index in [0.717, 1.165) is 0 Å². The summed E-state index contributed by atoms with van der Waals surface area (Å²) >= 11 is 0. The third-order valence-corrected chi connectivity index (χ3v) is 1.71. The normalized spacial score (nSPS) is 14.0. The molecule has 74 valence electrons. The minimum absolute atomic E-state index is 0.163. The highest BCUT2D eigenvalue weighted by Gasteiger charge is 2.02. The second kappa shape index (κ2) is 6.58. The number of rotatable bonds is 5. The van der Waals surface area contributed by atoms with Gasteiger partial charge in [0.1, 0.15) is 5.83 Å². The van der Waals surface area contributed by atoms with Crippen LogP contribution in [-0.4, -0.2) is 0 Å². The Morgan fingerprint density at radius 1 is 1.31 bits per heavy atom. The smallest absolute Gasteiger partial charge is 0.154 e. The van der Waals surface area contributed by atoms with E-state index in [0.29, 0.717) is 18.4 Å². The van der Waals surface area contributed by atoms with Gasteiger partial charge in [-0.05, 0) is 24.5 Å². The van der Waals surface area contributed by atoms with Gasteiger partial charge in [0.15, 0.2) is 5.83 Å². The molecule has 0 aromatic carbocycles. The van der Waals surface area contributed by atoms with Gasteiger partial charge < -0.3 is 0 Å². The van der Waals surface area contributed by atoms with E-state index in [2.05, 4.69) is 6.58 Å². The Morgan fingerprint density at radius 2 is 1.92 bits per heavy atom. The molecule has 0 aliphatic rings. The van der Waals surface area contributed by atoms with Gasteiger partial charge in [0.2, 0.25) is 0 Å². The minimum atomic E-state index is -0.765. The third kappa shape index (κ3) is 4.61. The molecule has 0 unspecified atom stereocenters. The lowest BCUT2D eigenvalue weighted by atomic mass is 10.1. The highest BCUT2D eigenvalue weighted by molar-refractivity contribution is 5.26. The second-order valence-corrected chi connectivity index (χ2v) is 2.78. The number of hydrogen-bond donors (Lipinski definition) is 0. The maximum Gasteiger partial charge on any atom is 0.154 e. The first-order valence-corrected chi connectivity index (χ1v) is 4.52. The maximum atomic E-state index is 13.0. The van der Waals surface area contributed by atoms with Crippen molar-refractivity contribution in [1.29, 1.82) is 0 Å². The quantitative estimate of drug-likeness (QED) is 0.556. The van der Waals surface area contributed by atoms with Crippen molar-refractivity contribution in [2.24, 2.45) is 0 Å². The van der Waals surface area contributed by atoms with Crippen LogP contribution in [0.15, 0.2) is 36.0 Å². The van der Waals surface area contributed by atoms with E-state index in [1.54, 1.807) is 6.08 Å². The highest BCUT2D eigenvalue weighted by Crippen LogP contribution is 2.17. The van der Waals surface area contributed by atoms with Crippen molar-refractivity contribution in [3.8, 4) is 0 Å². The van der Waals surface area contributed by atoms with Crippen LogP contribution in [0.5, 0.6) is 0 Å². The largest absolute Gasteiger partial charge is 0.209 e. The van der Waals surface area contributed by atoms with Gasteiger partial charge in [-0.15, -0.1) is 0 Å². The predicted molar refractivity (Wildman–Crippen MR) is 52.7 cm³/mol. The third-order valence-electron chi connectivity index (χ3n) is 1.71. The summed E-state index contributed by atoms with van der Waals surface area (Å²) in [4.78, 5) is 0. The van der Waals surface area contributed by atoms with Crippen LogP contribution in [0.4, 0.5) is 8.78 Å². The Hall–Kier alpha value is -0.920. The maximum absolute atomic E-state index is 13.0. The van der Waals surface area contributed by atoms with Crippen LogP contribution in [0.25, 0.3) is 0 Å². The van der Waals surface area contributed by atoms with Gasteiger partial charge in [-0.1, -0.05) is 26.5 Å². The monoisotopic (exact) mass is 186 g/mol. The average Bonchev–Trinajstić information content (AvgIpc) is 2.14. The molecule has 0 atom stereocenters. The first kappa shape index (κ1) is 12.1. The zero-order chi connectivity index (χ0) is 10.3. The first-order chi connectivity index (χ1) is 6.15. The molecule has 0 spiro atoms. The summed E-state index contributed by atoms with van der Waals surface area (Å²) in [6.45, 7) is 7.19. The molecular formula is C11H16F2. The van der Waals surface area contributed by atoms with Gasteiger partial charge in [0.25, 0.3) is 0 Å². The molecule has 0 saturated carbocycles. The lowest BCUT2D eigenvalue weighted by molar-refractivity contribution is 0.519. The molecule has 0 heterocycles. The molecule has 0 fully saturated rings. The Kier molecular flexibility index (Phi) is 6.11. The molecule has 0 aliphatic carbocycles. The van der Waals surface area contributed by atoms with E-state index < -0.39 is 11.7 Å². The zero-order valence-corrected chi connectivity index (χ0v) is 8.24. The number of halogens is 2. The second-order valence-electron chi connectivity index (χ2n) is 2.78. The first-order valence-electron chi connectivity index (χ1n) is 4.52. The summed E-state index contributed by atoms with van der Waals surface area (Å²) in [5.41, 5.74) is 0.712. The highest BCUT2D eigenvalue weighted by atomic mass is 19.2. The fourth-order valence-corrected chi connectivity index (χ4v) is 0.885. The standard InChI is InChI=1S/C11H16F2/c1-4-7-10(12)11(13)8-9(5-2)6-3/h5,8H,2,4,6-7H2,1,3H3/b9-8+,11-10-. The molecule has 0 N–H and O–H groups in total. The molecule has 0 bridgehead atoms. The van der Waals surface area contributed by atoms with E-state index in [9.17, 15) is 8.78 Å². The minimum Gasteiger partial charge on any atom is -0.209 e. The van der Waals surface area contributed by atoms with Crippen LogP contribution in [0.1, 0.15) is 33.1 Å². The van der Waals surface area contributed by atoms with E-state index in [1.807, 2.05) is 13.8 Å². The van der Waals surface area contributed by atoms with Crippen molar-refractivity contribution in [1.82, 2.24) is 0 Å². The molecular weight excluding hydrogens is 170 g/mol. The summed E-state index contributed by atoms with van der Waals surface area (Å²) in [5, 5.41) is 0. The van der Waals surface area contributed by atoms with Crippen molar-refractivity contribution in [3.63, 3.8) is 0 Å². The molecule has 0 aromatic heterocycles. The predicted octanol–water partition coefficient (Wildman–Crippen LogP) is 4.46. The van der Waals surface area contributed by atoms with Crippen molar-refractivity contribution < 1.29 is 8.78 Å². The summed E-state index contributed by atoms with van der Waals surface area (Å²) < 4.78 is 25.8. The molecule has 0 nitrogen and oxygen atoms in total. The Morgan fingerprint density at radius 3 is 2.31 bits per heavy atom. The van der Waals surface area contributed by atoms with Crippen molar-refractivity contribution in [3.05, 3.63) is 36.0 Å². The van der Waals surface area contributed by atoms with Crippen LogP contribution < -0.4 is 0 Å². The van der Waals surface area contributed by atoms with Crippen LogP contribution in [0.3, 0.4) is 0 Å². The fraction of sp³-hybridized carbons (Fsp3) is 0.455. The molecule has 0 aliphatic heterocycles.